The largest absolute Gasteiger partial charge is 0.398 e. The molecule has 19 heavy (non-hydrogen) atoms. The Hall–Kier alpha value is -1.44. The molecule has 0 saturated heterocycles. The molecule has 2 N–H and O–H groups in total. The van der Waals surface area contributed by atoms with Crippen LogP contribution in [0.5, 0.6) is 0 Å². The van der Waals surface area contributed by atoms with E-state index in [1.165, 1.54) is 11.1 Å². The van der Waals surface area contributed by atoms with Gasteiger partial charge in [-0.2, -0.15) is 0 Å². The average Bonchev–Trinajstić information content (AvgIpc) is 2.43. The maximum Gasteiger partial charge on any atom is 0.0595 e. The Bertz CT molecular complexity index is 662. The van der Waals surface area contributed by atoms with Crippen LogP contribution in [-0.2, 0) is 0 Å². The highest BCUT2D eigenvalue weighted by Gasteiger charge is 2.21. The molecular formula is C16H13Cl2N. The van der Waals surface area contributed by atoms with Crippen molar-refractivity contribution in [3.8, 4) is 0 Å². The third-order valence-corrected chi connectivity index (χ3v) is 4.31. The highest BCUT2D eigenvalue weighted by Crippen LogP contribution is 2.38. The third-order valence-electron chi connectivity index (χ3n) is 3.57. The molecule has 3 heteroatoms. The van der Waals surface area contributed by atoms with Gasteiger partial charge in [0.15, 0.2) is 0 Å². The number of hydrogen-bond donors (Lipinski definition) is 1. The van der Waals surface area contributed by atoms with Crippen LogP contribution in [0.25, 0.3) is 5.70 Å². The van der Waals surface area contributed by atoms with Crippen molar-refractivity contribution in [1.29, 1.82) is 0 Å². The van der Waals surface area contributed by atoms with Gasteiger partial charge in [0.1, 0.15) is 0 Å². The first-order chi connectivity index (χ1) is 9.16. The molecule has 0 aliphatic heterocycles. The summed E-state index contributed by atoms with van der Waals surface area (Å²) in [4.78, 5) is 0. The average molecular weight is 290 g/mol. The van der Waals surface area contributed by atoms with Crippen molar-refractivity contribution in [2.24, 2.45) is 5.73 Å². The Morgan fingerprint density at radius 3 is 2.58 bits per heavy atom. The molecule has 1 nitrogen and oxygen atoms in total. The zero-order chi connectivity index (χ0) is 13.4. The minimum atomic E-state index is 0.290. The van der Waals surface area contributed by atoms with Gasteiger partial charge in [0.05, 0.1) is 10.0 Å². The van der Waals surface area contributed by atoms with Crippen molar-refractivity contribution in [2.45, 2.75) is 12.3 Å². The first-order valence-corrected chi connectivity index (χ1v) is 6.92. The van der Waals surface area contributed by atoms with Crippen molar-refractivity contribution in [1.82, 2.24) is 0 Å². The summed E-state index contributed by atoms with van der Waals surface area (Å²) < 4.78 is 0. The normalized spacial score (nSPS) is 17.8. The zero-order valence-electron chi connectivity index (χ0n) is 10.2. The summed E-state index contributed by atoms with van der Waals surface area (Å²) in [6, 6.07) is 14.1. The molecule has 0 spiro atoms. The quantitative estimate of drug-likeness (QED) is 0.800. The van der Waals surface area contributed by atoms with Gasteiger partial charge >= 0.3 is 0 Å². The number of nitrogens with two attached hydrogens (primary N) is 1. The molecule has 0 amide bonds. The number of benzene rings is 2. The van der Waals surface area contributed by atoms with Crippen LogP contribution >= 0.6 is 23.2 Å². The summed E-state index contributed by atoms with van der Waals surface area (Å²) >= 11 is 12.1. The predicted octanol–water partition coefficient (Wildman–Crippen LogP) is 4.83. The van der Waals surface area contributed by atoms with E-state index in [-0.39, 0.29) is 0 Å². The number of fused-ring (bicyclic) bond motifs is 1. The molecule has 1 aliphatic rings. The van der Waals surface area contributed by atoms with Gasteiger partial charge in [0, 0.05) is 17.2 Å². The van der Waals surface area contributed by atoms with Gasteiger partial charge in [0.2, 0.25) is 0 Å². The lowest BCUT2D eigenvalue weighted by atomic mass is 9.81. The Labute approximate surface area is 122 Å². The maximum atomic E-state index is 6.12. The van der Waals surface area contributed by atoms with Gasteiger partial charge in [-0.25, -0.2) is 0 Å². The first-order valence-electron chi connectivity index (χ1n) is 6.16. The summed E-state index contributed by atoms with van der Waals surface area (Å²) in [6.45, 7) is 0. The molecule has 1 atom stereocenters. The molecule has 2 aromatic carbocycles. The smallest absolute Gasteiger partial charge is 0.0595 e. The summed E-state index contributed by atoms with van der Waals surface area (Å²) in [5.41, 5.74) is 10.4. The van der Waals surface area contributed by atoms with Crippen LogP contribution in [0.1, 0.15) is 29.0 Å². The van der Waals surface area contributed by atoms with Crippen LogP contribution in [0.2, 0.25) is 10.0 Å². The molecule has 96 valence electrons. The Morgan fingerprint density at radius 1 is 1.00 bits per heavy atom. The number of halogens is 2. The van der Waals surface area contributed by atoms with Gasteiger partial charge in [0.25, 0.3) is 0 Å². The molecule has 0 radical (unpaired) electrons. The number of hydrogen-bond acceptors (Lipinski definition) is 1. The molecule has 0 saturated carbocycles. The fraction of sp³-hybridized carbons (Fsp3) is 0.125. The molecule has 0 fully saturated rings. The van der Waals surface area contributed by atoms with E-state index in [2.05, 4.69) is 18.2 Å². The van der Waals surface area contributed by atoms with Gasteiger partial charge in [-0.15, -0.1) is 0 Å². The molecule has 0 aromatic heterocycles. The third kappa shape index (κ3) is 2.24. The monoisotopic (exact) mass is 289 g/mol. The van der Waals surface area contributed by atoms with Crippen molar-refractivity contribution >= 4 is 28.9 Å². The Balaban J connectivity index is 2.10. The summed E-state index contributed by atoms with van der Waals surface area (Å²) in [7, 11) is 0. The summed E-state index contributed by atoms with van der Waals surface area (Å²) in [5.74, 6) is 0.290. The lowest BCUT2D eigenvalue weighted by Crippen LogP contribution is -2.12. The fourth-order valence-electron chi connectivity index (χ4n) is 2.59. The van der Waals surface area contributed by atoms with Crippen molar-refractivity contribution in [3.05, 3.63) is 75.3 Å². The Morgan fingerprint density at radius 2 is 1.79 bits per heavy atom. The number of rotatable bonds is 1. The maximum absolute atomic E-state index is 6.12. The highest BCUT2D eigenvalue weighted by molar-refractivity contribution is 6.42. The first kappa shape index (κ1) is 12.6. The van der Waals surface area contributed by atoms with Crippen molar-refractivity contribution < 1.29 is 0 Å². The van der Waals surface area contributed by atoms with E-state index in [1.54, 1.807) is 0 Å². The standard InChI is InChI=1S/C16H13Cl2N/c17-14-7-5-10(9-15(14)18)11-6-8-16(19)13-4-2-1-3-12(11)13/h1-5,7-9,11H,6,19H2/t11-/m0/s1. The van der Waals surface area contributed by atoms with E-state index in [1.807, 2.05) is 30.3 Å². The van der Waals surface area contributed by atoms with E-state index in [0.717, 1.165) is 17.7 Å². The van der Waals surface area contributed by atoms with Crippen LogP contribution in [0.15, 0.2) is 48.5 Å². The SMILES string of the molecule is NC1=CC[C@@H](c2ccc(Cl)c(Cl)c2)c2ccccc21. The van der Waals surface area contributed by atoms with Crippen molar-refractivity contribution in [3.63, 3.8) is 0 Å². The number of allylic oxidation sites excluding steroid dienone is 1. The molecule has 0 bridgehead atoms. The van der Waals surface area contributed by atoms with E-state index in [4.69, 9.17) is 28.9 Å². The summed E-state index contributed by atoms with van der Waals surface area (Å²) in [5, 5.41) is 1.18. The van der Waals surface area contributed by atoms with Gasteiger partial charge in [-0.1, -0.05) is 59.6 Å². The van der Waals surface area contributed by atoms with Crippen LogP contribution < -0.4 is 5.73 Å². The van der Waals surface area contributed by atoms with Gasteiger partial charge < -0.3 is 5.73 Å². The zero-order valence-corrected chi connectivity index (χ0v) is 11.7. The van der Waals surface area contributed by atoms with Crippen LogP contribution in [0.4, 0.5) is 0 Å². The van der Waals surface area contributed by atoms with E-state index >= 15 is 0 Å². The lowest BCUT2D eigenvalue weighted by Gasteiger charge is -2.24. The minimum absolute atomic E-state index is 0.290. The highest BCUT2D eigenvalue weighted by atomic mass is 35.5. The second kappa shape index (κ2) is 4.92. The molecule has 1 aliphatic carbocycles. The summed E-state index contributed by atoms with van der Waals surface area (Å²) in [6.07, 6.45) is 2.97. The van der Waals surface area contributed by atoms with Gasteiger partial charge in [-0.05, 0) is 29.7 Å². The van der Waals surface area contributed by atoms with Gasteiger partial charge in [-0.3, -0.25) is 0 Å². The second-order valence-electron chi connectivity index (χ2n) is 4.71. The minimum Gasteiger partial charge on any atom is -0.398 e. The van der Waals surface area contributed by atoms with Crippen LogP contribution in [-0.4, -0.2) is 0 Å². The lowest BCUT2D eigenvalue weighted by molar-refractivity contribution is 0.813. The van der Waals surface area contributed by atoms with E-state index < -0.39 is 0 Å². The molecule has 2 aromatic rings. The van der Waals surface area contributed by atoms with Crippen LogP contribution in [0.3, 0.4) is 0 Å². The van der Waals surface area contributed by atoms with Crippen LogP contribution in [0, 0.1) is 0 Å². The van der Waals surface area contributed by atoms with Crippen molar-refractivity contribution in [2.75, 3.05) is 0 Å². The topological polar surface area (TPSA) is 26.0 Å². The molecular weight excluding hydrogens is 277 g/mol. The fourth-order valence-corrected chi connectivity index (χ4v) is 2.90. The predicted molar refractivity (Wildman–Crippen MR) is 81.5 cm³/mol. The molecule has 0 unspecified atom stereocenters. The van der Waals surface area contributed by atoms with E-state index in [0.29, 0.717) is 16.0 Å². The second-order valence-corrected chi connectivity index (χ2v) is 5.52. The molecule has 3 rings (SSSR count). The Kier molecular flexibility index (Phi) is 3.26. The molecule has 0 heterocycles. The van der Waals surface area contributed by atoms with E-state index in [9.17, 15) is 0 Å².